The van der Waals surface area contributed by atoms with E-state index < -0.39 is 0 Å². The molecule has 0 radical (unpaired) electrons. The zero-order chi connectivity index (χ0) is 18.4. The van der Waals surface area contributed by atoms with Gasteiger partial charge in [0.25, 0.3) is 11.3 Å². The molecule has 27 heavy (non-hydrogen) atoms. The molecule has 0 aliphatic carbocycles. The Balaban J connectivity index is 1.67. The van der Waals surface area contributed by atoms with E-state index in [1.165, 1.54) is 6.20 Å². The molecule has 0 atom stereocenters. The van der Waals surface area contributed by atoms with Crippen LogP contribution in [0.5, 0.6) is 11.5 Å². The van der Waals surface area contributed by atoms with Crippen molar-refractivity contribution in [1.82, 2.24) is 24.1 Å². The molecule has 4 aromatic rings. The highest BCUT2D eigenvalue weighted by atomic mass is 16.6. The standard InChI is InChI=1S/C18H15N5O4/c1-25-10-16-20-18-19-9-12-13(23(18)21-16)4-5-22(17(12)24)11-2-3-14-15(8-11)27-7-6-26-14/h2-5,8-9H,6-7,10H2,1H3. The summed E-state index contributed by atoms with van der Waals surface area (Å²) in [4.78, 5) is 21.6. The molecule has 0 fully saturated rings. The highest BCUT2D eigenvalue weighted by Crippen LogP contribution is 2.31. The summed E-state index contributed by atoms with van der Waals surface area (Å²) in [6.07, 6.45) is 3.22. The summed E-state index contributed by atoms with van der Waals surface area (Å²) in [7, 11) is 1.57. The Morgan fingerprint density at radius 1 is 1.19 bits per heavy atom. The molecule has 4 heterocycles. The van der Waals surface area contributed by atoms with E-state index >= 15 is 0 Å². The van der Waals surface area contributed by atoms with E-state index in [4.69, 9.17) is 14.2 Å². The van der Waals surface area contributed by atoms with Crippen LogP contribution >= 0.6 is 0 Å². The third kappa shape index (κ3) is 2.51. The number of fused-ring (bicyclic) bond motifs is 4. The molecule has 0 amide bonds. The lowest BCUT2D eigenvalue weighted by molar-refractivity contribution is 0.171. The lowest BCUT2D eigenvalue weighted by Gasteiger charge is -2.19. The monoisotopic (exact) mass is 365 g/mol. The van der Waals surface area contributed by atoms with Crippen molar-refractivity contribution < 1.29 is 14.2 Å². The number of rotatable bonds is 3. The Hall–Kier alpha value is -3.46. The number of methoxy groups -OCH3 is 1. The van der Waals surface area contributed by atoms with Gasteiger partial charge >= 0.3 is 0 Å². The molecule has 1 aliphatic heterocycles. The molecule has 0 spiro atoms. The van der Waals surface area contributed by atoms with Crippen LogP contribution in [0, 0.1) is 0 Å². The summed E-state index contributed by atoms with van der Waals surface area (Å²) in [5, 5.41) is 4.80. The third-order valence-corrected chi connectivity index (χ3v) is 4.36. The molecule has 0 saturated carbocycles. The van der Waals surface area contributed by atoms with E-state index in [1.54, 1.807) is 34.5 Å². The number of nitrogens with zero attached hydrogens (tertiary/aromatic N) is 5. The maximum Gasteiger partial charge on any atom is 0.266 e. The summed E-state index contributed by atoms with van der Waals surface area (Å²) >= 11 is 0. The first-order valence-electron chi connectivity index (χ1n) is 8.39. The fourth-order valence-electron chi connectivity index (χ4n) is 3.14. The fraction of sp³-hybridized carbons (Fsp3) is 0.222. The molecule has 1 aromatic carbocycles. The van der Waals surface area contributed by atoms with Gasteiger partial charge in [-0.15, -0.1) is 5.10 Å². The van der Waals surface area contributed by atoms with Gasteiger partial charge in [-0.05, 0) is 18.2 Å². The average Bonchev–Trinajstić information content (AvgIpc) is 3.11. The highest BCUT2D eigenvalue weighted by Gasteiger charge is 2.15. The minimum absolute atomic E-state index is 0.206. The van der Waals surface area contributed by atoms with Gasteiger partial charge in [0.2, 0.25) is 0 Å². The van der Waals surface area contributed by atoms with E-state index in [1.807, 2.05) is 12.1 Å². The number of pyridine rings is 1. The number of hydrogen-bond acceptors (Lipinski definition) is 7. The lowest BCUT2D eigenvalue weighted by Crippen LogP contribution is -2.20. The molecule has 9 nitrogen and oxygen atoms in total. The highest BCUT2D eigenvalue weighted by molar-refractivity contribution is 5.79. The topological polar surface area (TPSA) is 92.8 Å². The Morgan fingerprint density at radius 2 is 2.04 bits per heavy atom. The number of aromatic nitrogens is 5. The maximum absolute atomic E-state index is 13.0. The van der Waals surface area contributed by atoms with Gasteiger partial charge in [0.1, 0.15) is 19.8 Å². The van der Waals surface area contributed by atoms with Crippen LogP contribution in [0.1, 0.15) is 5.82 Å². The molecular formula is C18H15N5O4. The van der Waals surface area contributed by atoms with Gasteiger partial charge in [-0.2, -0.15) is 9.50 Å². The second-order valence-electron chi connectivity index (χ2n) is 6.05. The predicted molar refractivity (Wildman–Crippen MR) is 95.6 cm³/mol. The molecular weight excluding hydrogens is 350 g/mol. The summed E-state index contributed by atoms with van der Waals surface area (Å²) < 4.78 is 19.3. The molecule has 0 saturated heterocycles. The Labute approximate surface area is 152 Å². The van der Waals surface area contributed by atoms with Gasteiger partial charge in [0.05, 0.1) is 16.6 Å². The number of ether oxygens (including phenoxy) is 3. The van der Waals surface area contributed by atoms with Crippen LogP contribution in [0.2, 0.25) is 0 Å². The van der Waals surface area contributed by atoms with Crippen molar-refractivity contribution in [2.75, 3.05) is 20.3 Å². The summed E-state index contributed by atoms with van der Waals surface area (Å²) in [6, 6.07) is 7.22. The number of benzene rings is 1. The molecule has 1 aliphatic rings. The molecule has 5 rings (SSSR count). The summed E-state index contributed by atoms with van der Waals surface area (Å²) in [5.41, 5.74) is 1.11. The van der Waals surface area contributed by atoms with Crippen LogP contribution < -0.4 is 15.0 Å². The van der Waals surface area contributed by atoms with Crippen LogP contribution in [0.3, 0.4) is 0 Å². The first-order chi connectivity index (χ1) is 13.2. The third-order valence-electron chi connectivity index (χ3n) is 4.36. The van der Waals surface area contributed by atoms with Gasteiger partial charge in [-0.25, -0.2) is 4.98 Å². The van der Waals surface area contributed by atoms with E-state index in [9.17, 15) is 4.79 Å². The smallest absolute Gasteiger partial charge is 0.266 e. The van der Waals surface area contributed by atoms with Gasteiger partial charge < -0.3 is 14.2 Å². The van der Waals surface area contributed by atoms with Crippen molar-refractivity contribution in [3.63, 3.8) is 0 Å². The van der Waals surface area contributed by atoms with Crippen molar-refractivity contribution in [3.05, 3.63) is 52.8 Å². The first kappa shape index (κ1) is 15.8. The quantitative estimate of drug-likeness (QED) is 0.541. The van der Waals surface area contributed by atoms with Crippen LogP contribution in [-0.4, -0.2) is 44.5 Å². The maximum atomic E-state index is 13.0. The predicted octanol–water partition coefficient (Wildman–Crippen LogP) is 1.35. The van der Waals surface area contributed by atoms with Crippen molar-refractivity contribution in [3.8, 4) is 17.2 Å². The Morgan fingerprint density at radius 3 is 2.89 bits per heavy atom. The largest absolute Gasteiger partial charge is 0.486 e. The molecule has 136 valence electrons. The molecule has 3 aromatic heterocycles. The summed E-state index contributed by atoms with van der Waals surface area (Å²) in [5.74, 6) is 2.23. The fourth-order valence-corrected chi connectivity index (χ4v) is 3.14. The Kier molecular flexibility index (Phi) is 3.54. The minimum Gasteiger partial charge on any atom is -0.486 e. The zero-order valence-electron chi connectivity index (χ0n) is 14.5. The van der Waals surface area contributed by atoms with Crippen molar-refractivity contribution >= 4 is 16.7 Å². The van der Waals surface area contributed by atoms with Crippen LogP contribution in [0.15, 0.2) is 41.5 Å². The van der Waals surface area contributed by atoms with Gasteiger partial charge in [-0.1, -0.05) is 0 Å². The van der Waals surface area contributed by atoms with Crippen LogP contribution in [0.25, 0.3) is 22.4 Å². The van der Waals surface area contributed by atoms with Crippen molar-refractivity contribution in [2.45, 2.75) is 6.61 Å². The van der Waals surface area contributed by atoms with E-state index in [-0.39, 0.29) is 12.2 Å². The first-order valence-corrected chi connectivity index (χ1v) is 8.39. The molecule has 9 heteroatoms. The van der Waals surface area contributed by atoms with Gasteiger partial charge in [-0.3, -0.25) is 9.36 Å². The second kappa shape index (κ2) is 6.06. The van der Waals surface area contributed by atoms with E-state index in [0.717, 1.165) is 0 Å². The minimum atomic E-state index is -0.206. The van der Waals surface area contributed by atoms with E-state index in [0.29, 0.717) is 52.9 Å². The molecule has 0 bridgehead atoms. The average molecular weight is 365 g/mol. The molecule has 0 unspecified atom stereocenters. The van der Waals surface area contributed by atoms with Gasteiger partial charge in [0.15, 0.2) is 17.3 Å². The van der Waals surface area contributed by atoms with E-state index in [2.05, 4.69) is 15.1 Å². The second-order valence-corrected chi connectivity index (χ2v) is 6.05. The van der Waals surface area contributed by atoms with Crippen LogP contribution in [-0.2, 0) is 11.3 Å². The summed E-state index contributed by atoms with van der Waals surface area (Å²) in [6.45, 7) is 1.28. The Bertz CT molecular complexity index is 1230. The number of hydrogen-bond donors (Lipinski definition) is 0. The molecule has 0 N–H and O–H groups in total. The van der Waals surface area contributed by atoms with Gasteiger partial charge in [0, 0.05) is 25.6 Å². The van der Waals surface area contributed by atoms with Crippen LogP contribution in [0.4, 0.5) is 0 Å². The van der Waals surface area contributed by atoms with Crippen molar-refractivity contribution in [2.24, 2.45) is 0 Å². The lowest BCUT2D eigenvalue weighted by atomic mass is 10.2. The zero-order valence-corrected chi connectivity index (χ0v) is 14.5. The SMILES string of the molecule is COCc1nc2ncc3c(=O)n(-c4ccc5c(c4)OCCO5)ccc3n2n1. The normalized spacial score (nSPS) is 13.4. The van der Waals surface area contributed by atoms with Crippen molar-refractivity contribution in [1.29, 1.82) is 0 Å².